The summed E-state index contributed by atoms with van der Waals surface area (Å²) < 4.78 is 5.01. The number of ether oxygens (including phenoxy) is 1. The van der Waals surface area contributed by atoms with Crippen LogP contribution in [0, 0.1) is 11.3 Å². The second kappa shape index (κ2) is 7.33. The summed E-state index contributed by atoms with van der Waals surface area (Å²) in [6.45, 7) is 5.19. The lowest BCUT2D eigenvalue weighted by Gasteiger charge is -2.19. The van der Waals surface area contributed by atoms with E-state index >= 15 is 0 Å². The first kappa shape index (κ1) is 16.6. The van der Waals surface area contributed by atoms with Gasteiger partial charge >= 0.3 is 6.09 Å². The van der Waals surface area contributed by atoms with E-state index in [0.29, 0.717) is 0 Å². The van der Waals surface area contributed by atoms with Gasteiger partial charge in [-0.3, -0.25) is 4.79 Å². The molecule has 1 aromatic heterocycles. The van der Waals surface area contributed by atoms with Gasteiger partial charge in [-0.05, 0) is 32.9 Å². The Balaban J connectivity index is 2.31. The summed E-state index contributed by atoms with van der Waals surface area (Å²) in [5, 5.41) is 14.0. The normalized spacial score (nSPS) is 12.1. The number of carbonyl (C=O) groups is 2. The van der Waals surface area contributed by atoms with Gasteiger partial charge in [0.15, 0.2) is 0 Å². The summed E-state index contributed by atoms with van der Waals surface area (Å²) in [5.41, 5.74) is 0.123. The molecule has 0 bridgehead atoms. The average Bonchev–Trinajstić information content (AvgIpc) is 2.89. The van der Waals surface area contributed by atoms with E-state index in [1.54, 1.807) is 39.1 Å². The fourth-order valence-corrected chi connectivity index (χ4v) is 1.53. The van der Waals surface area contributed by atoms with Crippen LogP contribution in [0.1, 0.15) is 32.4 Å². The molecule has 0 aromatic carbocycles. The first-order valence-electron chi connectivity index (χ1n) is 6.58. The van der Waals surface area contributed by atoms with Crippen molar-refractivity contribution < 1.29 is 14.3 Å². The van der Waals surface area contributed by atoms with E-state index in [1.807, 2.05) is 0 Å². The minimum Gasteiger partial charge on any atom is -0.444 e. The molecular weight excluding hydrogens is 272 g/mol. The molecule has 1 heterocycles. The van der Waals surface area contributed by atoms with Crippen LogP contribution in [-0.4, -0.2) is 35.7 Å². The Hall–Kier alpha value is -2.49. The number of alkyl carbamates (subject to hydrolysis) is 1. The van der Waals surface area contributed by atoms with Crippen LogP contribution in [0.25, 0.3) is 0 Å². The van der Waals surface area contributed by atoms with Crippen molar-refractivity contribution in [3.63, 3.8) is 0 Å². The largest absolute Gasteiger partial charge is 0.444 e. The smallest absolute Gasteiger partial charge is 0.408 e. The first-order chi connectivity index (χ1) is 9.81. The van der Waals surface area contributed by atoms with E-state index in [0.717, 1.165) is 5.69 Å². The van der Waals surface area contributed by atoms with Gasteiger partial charge in [0.05, 0.1) is 12.6 Å². The van der Waals surface area contributed by atoms with Crippen molar-refractivity contribution in [2.45, 2.75) is 32.3 Å². The molecule has 114 valence electrons. The number of aromatic amines is 1. The van der Waals surface area contributed by atoms with Gasteiger partial charge in [0, 0.05) is 18.4 Å². The number of H-pyrrole nitrogens is 1. The molecule has 3 N–H and O–H groups in total. The molecule has 0 spiro atoms. The monoisotopic (exact) mass is 292 g/mol. The molecule has 0 fully saturated rings. The highest BCUT2D eigenvalue weighted by Gasteiger charge is 2.17. The third-order valence-electron chi connectivity index (χ3n) is 2.45. The van der Waals surface area contributed by atoms with E-state index in [9.17, 15) is 9.59 Å². The predicted octanol–water partition coefficient (Wildman–Crippen LogP) is 1.26. The number of nitrogens with zero attached hydrogens (tertiary/aromatic N) is 1. The number of hydrogen-bond acceptors (Lipinski definition) is 4. The lowest BCUT2D eigenvalue weighted by Crippen LogP contribution is -2.40. The van der Waals surface area contributed by atoms with Gasteiger partial charge in [0.25, 0.3) is 0 Å². The molecule has 1 aromatic rings. The van der Waals surface area contributed by atoms with Gasteiger partial charge in [0.1, 0.15) is 11.5 Å². The molecule has 7 heteroatoms. The van der Waals surface area contributed by atoms with E-state index in [4.69, 9.17) is 10.00 Å². The van der Waals surface area contributed by atoms with Crippen molar-refractivity contribution in [3.8, 4) is 6.07 Å². The van der Waals surface area contributed by atoms with Gasteiger partial charge < -0.3 is 20.4 Å². The third-order valence-corrected chi connectivity index (χ3v) is 2.45. The van der Waals surface area contributed by atoms with Crippen LogP contribution in [0.15, 0.2) is 18.3 Å². The molecule has 21 heavy (non-hydrogen) atoms. The average molecular weight is 292 g/mol. The van der Waals surface area contributed by atoms with Crippen molar-refractivity contribution in [2.75, 3.05) is 13.1 Å². The zero-order chi connectivity index (χ0) is 15.9. The summed E-state index contributed by atoms with van der Waals surface area (Å²) in [7, 11) is 0. The highest BCUT2D eigenvalue weighted by Crippen LogP contribution is 2.10. The predicted molar refractivity (Wildman–Crippen MR) is 76.4 cm³/mol. The zero-order valence-corrected chi connectivity index (χ0v) is 12.4. The highest BCUT2D eigenvalue weighted by molar-refractivity contribution is 5.82. The Bertz CT molecular complexity index is 511. The number of hydrogen-bond donors (Lipinski definition) is 3. The summed E-state index contributed by atoms with van der Waals surface area (Å²) in [4.78, 5) is 25.9. The lowest BCUT2D eigenvalue weighted by molar-refractivity contribution is -0.120. The summed E-state index contributed by atoms with van der Waals surface area (Å²) in [6, 6.07) is 5.66. The van der Waals surface area contributed by atoms with Gasteiger partial charge in [0.2, 0.25) is 5.91 Å². The molecule has 0 aliphatic heterocycles. The van der Waals surface area contributed by atoms with Crippen molar-refractivity contribution in [1.82, 2.24) is 15.6 Å². The van der Waals surface area contributed by atoms with Crippen LogP contribution < -0.4 is 10.6 Å². The van der Waals surface area contributed by atoms with Gasteiger partial charge in [-0.25, -0.2) is 4.79 Å². The maximum Gasteiger partial charge on any atom is 0.408 e. The Morgan fingerprint density at radius 1 is 1.43 bits per heavy atom. The fraction of sp³-hybridized carbons (Fsp3) is 0.500. The molecule has 0 aliphatic carbocycles. The van der Waals surface area contributed by atoms with Crippen LogP contribution in [0.3, 0.4) is 0 Å². The van der Waals surface area contributed by atoms with E-state index in [2.05, 4.69) is 21.7 Å². The quantitative estimate of drug-likeness (QED) is 0.759. The SMILES string of the molecule is CC(C)(C)OC(=O)NCC(=O)NC[C@H](C#N)c1ccc[nH]1. The van der Waals surface area contributed by atoms with E-state index < -0.39 is 17.6 Å². The summed E-state index contributed by atoms with van der Waals surface area (Å²) in [6.07, 6.45) is 1.06. The van der Waals surface area contributed by atoms with Crippen LogP contribution in [-0.2, 0) is 9.53 Å². The molecule has 0 unspecified atom stereocenters. The third kappa shape index (κ3) is 6.47. The van der Waals surface area contributed by atoms with Crippen LogP contribution in [0.2, 0.25) is 0 Å². The summed E-state index contributed by atoms with van der Waals surface area (Å²) >= 11 is 0. The maximum atomic E-state index is 11.6. The second-order valence-corrected chi connectivity index (χ2v) is 5.47. The van der Waals surface area contributed by atoms with Crippen molar-refractivity contribution in [2.24, 2.45) is 0 Å². The topological polar surface area (TPSA) is 107 Å². The van der Waals surface area contributed by atoms with Crippen molar-refractivity contribution in [1.29, 1.82) is 5.26 Å². The highest BCUT2D eigenvalue weighted by atomic mass is 16.6. The van der Waals surface area contributed by atoms with Gasteiger partial charge in [-0.2, -0.15) is 5.26 Å². The second-order valence-electron chi connectivity index (χ2n) is 5.47. The molecule has 1 rings (SSSR count). The number of carbonyl (C=O) groups excluding carboxylic acids is 2. The number of amides is 2. The minimum atomic E-state index is -0.654. The number of aromatic nitrogens is 1. The minimum absolute atomic E-state index is 0.172. The molecule has 7 nitrogen and oxygen atoms in total. The molecule has 0 radical (unpaired) electrons. The number of nitrogens with one attached hydrogen (secondary N) is 3. The molecule has 0 saturated heterocycles. The van der Waals surface area contributed by atoms with Crippen LogP contribution >= 0.6 is 0 Å². The van der Waals surface area contributed by atoms with Crippen molar-refractivity contribution in [3.05, 3.63) is 24.0 Å². The lowest BCUT2D eigenvalue weighted by atomic mass is 10.1. The molecule has 1 atom stereocenters. The maximum absolute atomic E-state index is 11.6. The Morgan fingerprint density at radius 2 is 2.14 bits per heavy atom. The molecule has 0 aliphatic rings. The van der Waals surface area contributed by atoms with Crippen LogP contribution in [0.4, 0.5) is 4.79 Å². The standard InChI is InChI=1S/C14H20N4O3/c1-14(2,3)21-13(20)18-9-12(19)17-8-10(7-15)11-5-4-6-16-11/h4-6,10,16H,8-9H2,1-3H3,(H,17,19)(H,18,20)/t10-/m0/s1. The zero-order valence-electron chi connectivity index (χ0n) is 12.4. The van der Waals surface area contributed by atoms with Gasteiger partial charge in [-0.1, -0.05) is 0 Å². The van der Waals surface area contributed by atoms with Gasteiger partial charge in [-0.15, -0.1) is 0 Å². The van der Waals surface area contributed by atoms with E-state index in [1.165, 1.54) is 0 Å². The Morgan fingerprint density at radius 3 is 2.67 bits per heavy atom. The van der Waals surface area contributed by atoms with Crippen LogP contribution in [0.5, 0.6) is 0 Å². The van der Waals surface area contributed by atoms with E-state index in [-0.39, 0.29) is 19.0 Å². The Labute approximate surface area is 123 Å². The van der Waals surface area contributed by atoms with Crippen molar-refractivity contribution >= 4 is 12.0 Å². The Kier molecular flexibility index (Phi) is 5.79. The summed E-state index contributed by atoms with van der Waals surface area (Å²) in [5.74, 6) is -0.835. The molecule has 0 saturated carbocycles. The number of rotatable bonds is 5. The molecule has 2 amide bonds. The number of nitriles is 1. The fourth-order valence-electron chi connectivity index (χ4n) is 1.53. The first-order valence-corrected chi connectivity index (χ1v) is 6.58. The molecular formula is C14H20N4O3.